The molecule has 1 unspecified atom stereocenters. The van der Waals surface area contributed by atoms with Crippen LogP contribution in [0.5, 0.6) is 0 Å². The van der Waals surface area contributed by atoms with E-state index in [9.17, 15) is 0 Å². The molecule has 0 fully saturated rings. The lowest BCUT2D eigenvalue weighted by Crippen LogP contribution is -2.22. The van der Waals surface area contributed by atoms with Gasteiger partial charge in [-0.05, 0) is 24.6 Å². The van der Waals surface area contributed by atoms with Crippen molar-refractivity contribution in [3.8, 4) is 0 Å². The summed E-state index contributed by atoms with van der Waals surface area (Å²) in [6, 6.07) is 8.71. The van der Waals surface area contributed by atoms with Gasteiger partial charge in [0.2, 0.25) is 0 Å². The number of hydrogen-bond donors (Lipinski definition) is 1. The maximum absolute atomic E-state index is 4.38. The first-order valence-corrected chi connectivity index (χ1v) is 6.73. The lowest BCUT2D eigenvalue weighted by molar-refractivity contribution is 0.723. The van der Waals surface area contributed by atoms with Crippen LogP contribution in [0.3, 0.4) is 0 Å². The Kier molecular flexibility index (Phi) is 3.70. The summed E-state index contributed by atoms with van der Waals surface area (Å²) in [6.45, 7) is 3.10. The number of thioether (sulfide) groups is 1. The Bertz CT molecular complexity index is 361. The fourth-order valence-electron chi connectivity index (χ4n) is 1.44. The highest BCUT2D eigenvalue weighted by Gasteiger charge is 2.11. The molecule has 0 bridgehead atoms. The van der Waals surface area contributed by atoms with Gasteiger partial charge in [0.1, 0.15) is 0 Å². The number of halogens is 1. The molecule has 0 saturated heterocycles. The van der Waals surface area contributed by atoms with E-state index >= 15 is 0 Å². The molecular weight excluding hydrogens is 272 g/mol. The SMILES string of the molecule is CC(NC1=NCCS1)c1ccc(Br)cc1. The van der Waals surface area contributed by atoms with Crippen LogP contribution in [-0.4, -0.2) is 17.5 Å². The Morgan fingerprint density at radius 2 is 2.13 bits per heavy atom. The van der Waals surface area contributed by atoms with E-state index in [0.29, 0.717) is 6.04 Å². The summed E-state index contributed by atoms with van der Waals surface area (Å²) in [5.41, 5.74) is 1.29. The molecule has 1 heterocycles. The van der Waals surface area contributed by atoms with Gasteiger partial charge < -0.3 is 5.32 Å². The van der Waals surface area contributed by atoms with Gasteiger partial charge in [-0.2, -0.15) is 0 Å². The van der Waals surface area contributed by atoms with E-state index in [4.69, 9.17) is 0 Å². The first-order chi connectivity index (χ1) is 7.25. The molecule has 80 valence electrons. The van der Waals surface area contributed by atoms with Crippen molar-refractivity contribution in [2.75, 3.05) is 12.3 Å². The first-order valence-electron chi connectivity index (χ1n) is 4.95. The third-order valence-corrected chi connectivity index (χ3v) is 3.73. The molecule has 1 aliphatic rings. The van der Waals surface area contributed by atoms with Crippen molar-refractivity contribution < 1.29 is 0 Å². The van der Waals surface area contributed by atoms with Crippen molar-refractivity contribution in [1.29, 1.82) is 0 Å². The smallest absolute Gasteiger partial charge is 0.157 e. The van der Waals surface area contributed by atoms with Crippen molar-refractivity contribution in [3.05, 3.63) is 34.3 Å². The Labute approximate surface area is 103 Å². The number of aliphatic imine (C=N–C) groups is 1. The van der Waals surface area contributed by atoms with Crippen LogP contribution in [-0.2, 0) is 0 Å². The van der Waals surface area contributed by atoms with Crippen LogP contribution in [0.1, 0.15) is 18.5 Å². The van der Waals surface area contributed by atoms with E-state index in [1.807, 2.05) is 0 Å². The van der Waals surface area contributed by atoms with Crippen LogP contribution in [0.2, 0.25) is 0 Å². The van der Waals surface area contributed by atoms with Crippen LogP contribution >= 0.6 is 27.7 Å². The summed E-state index contributed by atoms with van der Waals surface area (Å²) in [6.07, 6.45) is 0. The van der Waals surface area contributed by atoms with Gasteiger partial charge in [-0.1, -0.05) is 39.8 Å². The molecule has 15 heavy (non-hydrogen) atoms. The zero-order valence-electron chi connectivity index (χ0n) is 8.53. The zero-order valence-corrected chi connectivity index (χ0v) is 10.9. The first kappa shape index (κ1) is 11.0. The predicted molar refractivity (Wildman–Crippen MR) is 70.5 cm³/mol. The molecule has 1 aromatic carbocycles. The van der Waals surface area contributed by atoms with E-state index in [1.54, 1.807) is 11.8 Å². The van der Waals surface area contributed by atoms with Crippen molar-refractivity contribution in [1.82, 2.24) is 5.32 Å². The zero-order chi connectivity index (χ0) is 10.7. The number of hydrogen-bond acceptors (Lipinski definition) is 3. The molecule has 1 N–H and O–H groups in total. The number of rotatable bonds is 2. The van der Waals surface area contributed by atoms with Crippen molar-refractivity contribution >= 4 is 32.9 Å². The van der Waals surface area contributed by atoms with Crippen LogP contribution < -0.4 is 5.32 Å². The average molecular weight is 285 g/mol. The molecule has 2 nitrogen and oxygen atoms in total. The van der Waals surface area contributed by atoms with Gasteiger partial charge in [0.25, 0.3) is 0 Å². The highest BCUT2D eigenvalue weighted by Crippen LogP contribution is 2.19. The largest absolute Gasteiger partial charge is 0.358 e. The number of amidine groups is 1. The summed E-state index contributed by atoms with van der Waals surface area (Å²) in [5, 5.41) is 4.49. The Morgan fingerprint density at radius 3 is 2.73 bits per heavy atom. The third-order valence-electron chi connectivity index (χ3n) is 2.30. The minimum Gasteiger partial charge on any atom is -0.358 e. The van der Waals surface area contributed by atoms with Gasteiger partial charge in [0.05, 0.1) is 12.6 Å². The topological polar surface area (TPSA) is 24.4 Å². The number of nitrogens with zero attached hydrogens (tertiary/aromatic N) is 1. The van der Waals surface area contributed by atoms with Crippen molar-refractivity contribution in [3.63, 3.8) is 0 Å². The second-order valence-corrected chi connectivity index (χ2v) is 5.45. The molecule has 1 aliphatic heterocycles. The van der Waals surface area contributed by atoms with E-state index in [2.05, 4.69) is 57.4 Å². The van der Waals surface area contributed by atoms with Gasteiger partial charge in [-0.3, -0.25) is 4.99 Å². The molecule has 0 saturated carbocycles. The summed E-state index contributed by atoms with van der Waals surface area (Å²) in [4.78, 5) is 4.38. The lowest BCUT2D eigenvalue weighted by Gasteiger charge is -2.14. The standard InChI is InChI=1S/C11H13BrN2S/c1-8(14-11-13-6-7-15-11)9-2-4-10(12)5-3-9/h2-5,8H,6-7H2,1H3,(H,13,14). The monoisotopic (exact) mass is 284 g/mol. The van der Waals surface area contributed by atoms with Gasteiger partial charge in [-0.15, -0.1) is 0 Å². The average Bonchev–Trinajstić information content (AvgIpc) is 2.71. The van der Waals surface area contributed by atoms with Crippen LogP contribution in [0, 0.1) is 0 Å². The maximum Gasteiger partial charge on any atom is 0.157 e. The minimum atomic E-state index is 0.322. The van der Waals surface area contributed by atoms with Gasteiger partial charge in [0.15, 0.2) is 5.17 Å². The van der Waals surface area contributed by atoms with Crippen LogP contribution in [0.4, 0.5) is 0 Å². The highest BCUT2D eigenvalue weighted by atomic mass is 79.9. The van der Waals surface area contributed by atoms with Gasteiger partial charge in [-0.25, -0.2) is 0 Å². The van der Waals surface area contributed by atoms with Crippen LogP contribution in [0.15, 0.2) is 33.7 Å². The second kappa shape index (κ2) is 5.03. The predicted octanol–water partition coefficient (Wildman–Crippen LogP) is 3.20. The highest BCUT2D eigenvalue weighted by molar-refractivity contribution is 9.10. The molecule has 0 aromatic heterocycles. The Hall–Kier alpha value is -0.480. The molecule has 0 radical (unpaired) electrons. The van der Waals surface area contributed by atoms with Crippen molar-refractivity contribution in [2.45, 2.75) is 13.0 Å². The van der Waals surface area contributed by atoms with Crippen LogP contribution in [0.25, 0.3) is 0 Å². The summed E-state index contributed by atoms with van der Waals surface area (Å²) >= 11 is 5.23. The van der Waals surface area contributed by atoms with E-state index in [0.717, 1.165) is 21.9 Å². The number of benzene rings is 1. The molecule has 1 aromatic rings. The van der Waals surface area contributed by atoms with E-state index < -0.39 is 0 Å². The fraction of sp³-hybridized carbons (Fsp3) is 0.364. The summed E-state index contributed by atoms with van der Waals surface area (Å²) in [5.74, 6) is 1.11. The fourth-order valence-corrected chi connectivity index (χ4v) is 2.53. The molecule has 2 rings (SSSR count). The molecule has 0 amide bonds. The normalized spacial score (nSPS) is 17.3. The number of nitrogens with one attached hydrogen (secondary N) is 1. The molecular formula is C11H13BrN2S. The molecule has 1 atom stereocenters. The second-order valence-electron chi connectivity index (χ2n) is 3.45. The maximum atomic E-state index is 4.38. The molecule has 0 spiro atoms. The summed E-state index contributed by atoms with van der Waals surface area (Å²) in [7, 11) is 0. The lowest BCUT2D eigenvalue weighted by atomic mass is 10.1. The summed E-state index contributed by atoms with van der Waals surface area (Å²) < 4.78 is 1.12. The van der Waals surface area contributed by atoms with Crippen molar-refractivity contribution in [2.24, 2.45) is 4.99 Å². The van der Waals surface area contributed by atoms with E-state index in [-0.39, 0.29) is 0 Å². The van der Waals surface area contributed by atoms with Gasteiger partial charge >= 0.3 is 0 Å². The Balaban J connectivity index is 2.00. The Morgan fingerprint density at radius 1 is 1.40 bits per heavy atom. The minimum absolute atomic E-state index is 0.322. The third kappa shape index (κ3) is 2.98. The molecule has 0 aliphatic carbocycles. The molecule has 4 heteroatoms. The van der Waals surface area contributed by atoms with E-state index in [1.165, 1.54) is 5.56 Å². The van der Waals surface area contributed by atoms with Gasteiger partial charge in [0, 0.05) is 10.2 Å². The quantitative estimate of drug-likeness (QED) is 0.902.